The molecule has 0 spiro atoms. The Morgan fingerprint density at radius 1 is 1.06 bits per heavy atom. The van der Waals surface area contributed by atoms with Crippen molar-refractivity contribution in [3.05, 3.63) is 59.7 Å². The second kappa shape index (κ2) is 5.15. The van der Waals surface area contributed by atoms with Gasteiger partial charge in [0.15, 0.2) is 0 Å². The molecular formula is C16H18O. The Morgan fingerprint density at radius 3 is 2.53 bits per heavy atom. The lowest BCUT2D eigenvalue weighted by Crippen LogP contribution is -2.03. The predicted molar refractivity (Wildman–Crippen MR) is 72.0 cm³/mol. The number of aliphatic hydroxyl groups excluding tert-OH is 1. The van der Waals surface area contributed by atoms with Gasteiger partial charge >= 0.3 is 0 Å². The van der Waals surface area contributed by atoms with Crippen molar-refractivity contribution in [2.45, 2.75) is 26.4 Å². The third-order valence-corrected chi connectivity index (χ3v) is 2.91. The summed E-state index contributed by atoms with van der Waals surface area (Å²) in [5, 5.41) is 9.42. The van der Waals surface area contributed by atoms with Gasteiger partial charge < -0.3 is 5.11 Å². The van der Waals surface area contributed by atoms with E-state index < -0.39 is 0 Å². The van der Waals surface area contributed by atoms with E-state index in [1.807, 2.05) is 6.92 Å². The Labute approximate surface area is 103 Å². The summed E-state index contributed by atoms with van der Waals surface area (Å²) in [4.78, 5) is 0. The highest BCUT2D eigenvalue weighted by Gasteiger charge is 2.03. The number of hydrogen-bond donors (Lipinski definition) is 1. The Balaban J connectivity index is 2.37. The van der Waals surface area contributed by atoms with Gasteiger partial charge in [0, 0.05) is 0 Å². The smallest absolute Gasteiger partial charge is 0.0552 e. The highest BCUT2D eigenvalue weighted by Crippen LogP contribution is 2.24. The van der Waals surface area contributed by atoms with Gasteiger partial charge in [-0.2, -0.15) is 0 Å². The summed E-state index contributed by atoms with van der Waals surface area (Å²) in [7, 11) is 0. The molecule has 17 heavy (non-hydrogen) atoms. The van der Waals surface area contributed by atoms with Crippen molar-refractivity contribution < 1.29 is 5.11 Å². The van der Waals surface area contributed by atoms with Gasteiger partial charge in [0.05, 0.1) is 6.10 Å². The molecular weight excluding hydrogens is 208 g/mol. The third kappa shape index (κ3) is 2.95. The maximum atomic E-state index is 9.42. The molecule has 0 saturated carbocycles. The fraction of sp³-hybridized carbons (Fsp3) is 0.250. The minimum absolute atomic E-state index is 0.290. The highest BCUT2D eigenvalue weighted by molar-refractivity contribution is 5.67. The van der Waals surface area contributed by atoms with Crippen molar-refractivity contribution in [1.29, 1.82) is 0 Å². The minimum Gasteiger partial charge on any atom is -0.393 e. The molecule has 0 amide bonds. The number of rotatable bonds is 3. The second-order valence-corrected chi connectivity index (χ2v) is 4.57. The number of aryl methyl sites for hydroxylation is 1. The molecule has 0 radical (unpaired) electrons. The second-order valence-electron chi connectivity index (χ2n) is 4.57. The van der Waals surface area contributed by atoms with Gasteiger partial charge in [-0.25, -0.2) is 0 Å². The molecule has 88 valence electrons. The van der Waals surface area contributed by atoms with Gasteiger partial charge in [-0.3, -0.25) is 0 Å². The third-order valence-electron chi connectivity index (χ3n) is 2.91. The van der Waals surface area contributed by atoms with E-state index in [4.69, 9.17) is 0 Å². The molecule has 0 fully saturated rings. The van der Waals surface area contributed by atoms with Crippen LogP contribution in [0.5, 0.6) is 0 Å². The molecule has 0 aliphatic heterocycles. The van der Waals surface area contributed by atoms with Crippen molar-refractivity contribution in [2.24, 2.45) is 0 Å². The van der Waals surface area contributed by atoms with E-state index in [0.29, 0.717) is 6.42 Å². The zero-order chi connectivity index (χ0) is 12.3. The van der Waals surface area contributed by atoms with Crippen LogP contribution in [0.4, 0.5) is 0 Å². The lowest BCUT2D eigenvalue weighted by molar-refractivity contribution is 0.195. The summed E-state index contributed by atoms with van der Waals surface area (Å²) in [5.41, 5.74) is 4.95. The SMILES string of the molecule is Cc1ccccc1-c1cccc(C[C@H](C)O)c1. The van der Waals surface area contributed by atoms with Crippen LogP contribution in [0.3, 0.4) is 0 Å². The van der Waals surface area contributed by atoms with Crippen LogP contribution < -0.4 is 0 Å². The van der Waals surface area contributed by atoms with Crippen LogP contribution in [0.15, 0.2) is 48.5 Å². The summed E-state index contributed by atoms with van der Waals surface area (Å²) in [5.74, 6) is 0. The summed E-state index contributed by atoms with van der Waals surface area (Å²) < 4.78 is 0. The Hall–Kier alpha value is -1.60. The first-order valence-electron chi connectivity index (χ1n) is 6.00. The maximum absolute atomic E-state index is 9.42. The summed E-state index contributed by atoms with van der Waals surface area (Å²) >= 11 is 0. The molecule has 0 unspecified atom stereocenters. The number of hydrogen-bond acceptors (Lipinski definition) is 1. The molecule has 0 aliphatic rings. The molecule has 1 atom stereocenters. The van der Waals surface area contributed by atoms with Crippen LogP contribution in [-0.2, 0) is 6.42 Å². The fourth-order valence-corrected chi connectivity index (χ4v) is 2.10. The lowest BCUT2D eigenvalue weighted by atomic mass is 9.97. The lowest BCUT2D eigenvalue weighted by Gasteiger charge is -2.09. The minimum atomic E-state index is -0.290. The first kappa shape index (κ1) is 11.9. The monoisotopic (exact) mass is 226 g/mol. The average molecular weight is 226 g/mol. The van der Waals surface area contributed by atoms with Gasteiger partial charge in [-0.05, 0) is 42.5 Å². The number of aliphatic hydroxyl groups is 1. The van der Waals surface area contributed by atoms with Crippen molar-refractivity contribution in [3.63, 3.8) is 0 Å². The van der Waals surface area contributed by atoms with E-state index in [2.05, 4.69) is 55.5 Å². The van der Waals surface area contributed by atoms with E-state index in [1.54, 1.807) is 0 Å². The Kier molecular flexibility index (Phi) is 3.60. The van der Waals surface area contributed by atoms with E-state index in [-0.39, 0.29) is 6.10 Å². The van der Waals surface area contributed by atoms with Crippen molar-refractivity contribution in [2.75, 3.05) is 0 Å². The zero-order valence-electron chi connectivity index (χ0n) is 10.4. The normalized spacial score (nSPS) is 12.4. The van der Waals surface area contributed by atoms with E-state index in [9.17, 15) is 5.11 Å². The molecule has 1 nitrogen and oxygen atoms in total. The first-order chi connectivity index (χ1) is 8.16. The highest BCUT2D eigenvalue weighted by atomic mass is 16.3. The zero-order valence-corrected chi connectivity index (χ0v) is 10.4. The molecule has 0 aromatic heterocycles. The quantitative estimate of drug-likeness (QED) is 0.848. The number of benzene rings is 2. The molecule has 0 bridgehead atoms. The average Bonchev–Trinajstić information content (AvgIpc) is 2.29. The van der Waals surface area contributed by atoms with Gasteiger partial charge in [0.25, 0.3) is 0 Å². The van der Waals surface area contributed by atoms with Crippen LogP contribution >= 0.6 is 0 Å². The van der Waals surface area contributed by atoms with Crippen LogP contribution in [-0.4, -0.2) is 11.2 Å². The molecule has 2 aromatic rings. The van der Waals surface area contributed by atoms with Crippen LogP contribution in [0.1, 0.15) is 18.1 Å². The van der Waals surface area contributed by atoms with Crippen LogP contribution in [0.2, 0.25) is 0 Å². The van der Waals surface area contributed by atoms with E-state index >= 15 is 0 Å². The first-order valence-corrected chi connectivity index (χ1v) is 6.00. The molecule has 1 N–H and O–H groups in total. The Bertz CT molecular complexity index is 500. The molecule has 1 heteroatoms. The molecule has 0 heterocycles. The fourth-order valence-electron chi connectivity index (χ4n) is 2.10. The van der Waals surface area contributed by atoms with Gasteiger partial charge in [0.1, 0.15) is 0 Å². The van der Waals surface area contributed by atoms with Crippen molar-refractivity contribution in [3.8, 4) is 11.1 Å². The molecule has 0 saturated heterocycles. The van der Waals surface area contributed by atoms with Gasteiger partial charge in [0.2, 0.25) is 0 Å². The van der Waals surface area contributed by atoms with Gasteiger partial charge in [-0.1, -0.05) is 48.5 Å². The largest absolute Gasteiger partial charge is 0.393 e. The van der Waals surface area contributed by atoms with Crippen LogP contribution in [0.25, 0.3) is 11.1 Å². The van der Waals surface area contributed by atoms with Crippen molar-refractivity contribution >= 4 is 0 Å². The summed E-state index contributed by atoms with van der Waals surface area (Å²) in [6, 6.07) is 16.8. The standard InChI is InChI=1S/C16H18O/c1-12-6-3-4-9-16(12)15-8-5-7-14(11-15)10-13(2)17/h3-9,11,13,17H,10H2,1-2H3/t13-/m0/s1. The predicted octanol–water partition coefficient (Wildman–Crippen LogP) is 3.59. The summed E-state index contributed by atoms with van der Waals surface area (Å²) in [6.07, 6.45) is 0.418. The van der Waals surface area contributed by atoms with E-state index in [0.717, 1.165) is 0 Å². The van der Waals surface area contributed by atoms with E-state index in [1.165, 1.54) is 22.3 Å². The Morgan fingerprint density at radius 2 is 1.82 bits per heavy atom. The van der Waals surface area contributed by atoms with Crippen molar-refractivity contribution in [1.82, 2.24) is 0 Å². The topological polar surface area (TPSA) is 20.2 Å². The van der Waals surface area contributed by atoms with Gasteiger partial charge in [-0.15, -0.1) is 0 Å². The molecule has 2 aromatic carbocycles. The molecule has 0 aliphatic carbocycles. The maximum Gasteiger partial charge on any atom is 0.0552 e. The summed E-state index contributed by atoms with van der Waals surface area (Å²) in [6.45, 7) is 3.94. The van der Waals surface area contributed by atoms with Crippen LogP contribution in [0, 0.1) is 6.92 Å². The molecule has 2 rings (SSSR count).